The summed E-state index contributed by atoms with van der Waals surface area (Å²) in [7, 11) is 0. The number of hydrogen-bond acceptors (Lipinski definition) is 6. The van der Waals surface area contributed by atoms with Crippen LogP contribution in [0.3, 0.4) is 0 Å². The van der Waals surface area contributed by atoms with Crippen molar-refractivity contribution in [2.24, 2.45) is 4.99 Å². The number of para-hydroxylation sites is 1. The molecule has 1 heterocycles. The van der Waals surface area contributed by atoms with Crippen LogP contribution in [0.4, 0.5) is 5.69 Å². The first-order chi connectivity index (χ1) is 16.5. The van der Waals surface area contributed by atoms with E-state index in [1.807, 2.05) is 78.9 Å². The molecule has 0 aromatic heterocycles. The highest BCUT2D eigenvalue weighted by Gasteiger charge is 2.33. The molecule has 0 unspecified atom stereocenters. The van der Waals surface area contributed by atoms with Crippen molar-refractivity contribution < 1.29 is 19.4 Å². The summed E-state index contributed by atoms with van der Waals surface area (Å²) in [5.74, 6) is -0.0211. The number of carbonyl (C=O) groups is 1. The molecular weight excluding hydrogens is 470 g/mol. The van der Waals surface area contributed by atoms with Gasteiger partial charge in [0.1, 0.15) is 28.7 Å². The summed E-state index contributed by atoms with van der Waals surface area (Å²) in [6.45, 7) is 2.35. The molecule has 3 aromatic carbocycles. The van der Waals surface area contributed by atoms with Gasteiger partial charge in [0, 0.05) is 5.02 Å². The maximum atomic E-state index is 12.5. The Kier molecular flexibility index (Phi) is 7.72. The number of aliphatic imine (C=N–C) groups is 1. The molecule has 0 radical (unpaired) electrons. The zero-order chi connectivity index (χ0) is 23.9. The van der Waals surface area contributed by atoms with Gasteiger partial charge < -0.3 is 14.6 Å². The zero-order valence-electron chi connectivity index (χ0n) is 18.4. The van der Waals surface area contributed by atoms with Crippen molar-refractivity contribution in [1.29, 1.82) is 0 Å². The van der Waals surface area contributed by atoms with Gasteiger partial charge in [0.2, 0.25) is 0 Å². The number of rotatable bonds is 7. The lowest BCUT2D eigenvalue weighted by molar-refractivity contribution is -0.138. The van der Waals surface area contributed by atoms with Gasteiger partial charge >= 0.3 is 5.97 Å². The Morgan fingerprint density at radius 1 is 1.03 bits per heavy atom. The second kappa shape index (κ2) is 11.1. The minimum atomic E-state index is -0.600. The van der Waals surface area contributed by atoms with Crippen LogP contribution < -0.4 is 4.74 Å². The molecular formula is C27H22ClNO4S. The van der Waals surface area contributed by atoms with Crippen LogP contribution in [0.2, 0.25) is 5.02 Å². The van der Waals surface area contributed by atoms with Gasteiger partial charge in [0.25, 0.3) is 0 Å². The average molecular weight is 492 g/mol. The van der Waals surface area contributed by atoms with Crippen molar-refractivity contribution in [3.8, 4) is 5.75 Å². The molecule has 3 aromatic rings. The molecule has 1 aliphatic heterocycles. The minimum absolute atomic E-state index is 0.0740. The zero-order valence-corrected chi connectivity index (χ0v) is 20.0. The molecule has 0 aliphatic carbocycles. The highest BCUT2D eigenvalue weighted by molar-refractivity contribution is 8.18. The predicted octanol–water partition coefficient (Wildman–Crippen LogP) is 7.11. The van der Waals surface area contributed by atoms with Crippen LogP contribution in [-0.2, 0) is 16.1 Å². The first-order valence-electron chi connectivity index (χ1n) is 10.6. The maximum absolute atomic E-state index is 12.5. The van der Waals surface area contributed by atoms with E-state index in [0.29, 0.717) is 27.3 Å². The molecule has 0 saturated carbocycles. The van der Waals surface area contributed by atoms with Crippen molar-refractivity contribution in [2.45, 2.75) is 13.5 Å². The van der Waals surface area contributed by atoms with Crippen LogP contribution in [0.15, 0.2) is 100 Å². The molecule has 5 nitrogen and oxygen atoms in total. The lowest BCUT2D eigenvalue weighted by atomic mass is 10.1. The summed E-state index contributed by atoms with van der Waals surface area (Å²) in [5, 5.41) is 11.9. The third kappa shape index (κ3) is 5.90. The molecule has 172 valence electrons. The summed E-state index contributed by atoms with van der Waals surface area (Å²) >= 11 is 7.14. The number of nitrogens with zero attached hydrogens (tertiary/aromatic N) is 1. The average Bonchev–Trinajstić information content (AvgIpc) is 3.14. The Morgan fingerprint density at radius 2 is 1.74 bits per heavy atom. The van der Waals surface area contributed by atoms with Crippen LogP contribution in [0, 0.1) is 0 Å². The second-order valence-corrected chi connectivity index (χ2v) is 8.76. The van der Waals surface area contributed by atoms with E-state index < -0.39 is 5.97 Å². The summed E-state index contributed by atoms with van der Waals surface area (Å²) < 4.78 is 11.0. The first-order valence-corrected chi connectivity index (χ1v) is 11.8. The van der Waals surface area contributed by atoms with E-state index in [1.54, 1.807) is 13.0 Å². The Balaban J connectivity index is 1.53. The summed E-state index contributed by atoms with van der Waals surface area (Å²) in [4.78, 5) is 17.6. The van der Waals surface area contributed by atoms with Crippen molar-refractivity contribution in [3.05, 3.63) is 111 Å². The molecule has 0 amide bonds. The van der Waals surface area contributed by atoms with Crippen LogP contribution >= 0.6 is 23.4 Å². The molecule has 1 aliphatic rings. The number of halogens is 1. The molecule has 4 rings (SSSR count). The fourth-order valence-corrected chi connectivity index (χ4v) is 4.33. The van der Waals surface area contributed by atoms with Gasteiger partial charge in [-0.05, 0) is 60.5 Å². The Hall–Kier alpha value is -3.48. The standard InChI is InChI=1S/C27H22ClNO4S/c1-2-32-27(31)24-25(30)23(34-26(24)29-21-6-4-3-5-7-21)16-18-10-14-22(15-11-18)33-17-19-8-12-20(28)13-9-19/h3-16,30H,2,17H2,1H3/b23-16-,29-26?. The number of thioether (sulfide) groups is 1. The number of benzene rings is 3. The molecule has 0 atom stereocenters. The van der Waals surface area contributed by atoms with Crippen molar-refractivity contribution >= 4 is 46.1 Å². The van der Waals surface area contributed by atoms with Crippen LogP contribution in [0.1, 0.15) is 18.1 Å². The fraction of sp³-hybridized carbons (Fsp3) is 0.111. The van der Waals surface area contributed by atoms with E-state index in [4.69, 9.17) is 21.1 Å². The number of hydrogen-bond donors (Lipinski definition) is 1. The number of aliphatic hydroxyl groups is 1. The predicted molar refractivity (Wildman–Crippen MR) is 138 cm³/mol. The van der Waals surface area contributed by atoms with E-state index in [1.165, 1.54) is 11.8 Å². The van der Waals surface area contributed by atoms with Gasteiger partial charge in [-0.1, -0.05) is 65.8 Å². The molecule has 0 saturated heterocycles. The Bertz CT molecular complexity index is 1250. The van der Waals surface area contributed by atoms with E-state index in [2.05, 4.69) is 4.99 Å². The molecule has 1 N–H and O–H groups in total. The topological polar surface area (TPSA) is 68.1 Å². The first kappa shape index (κ1) is 23.7. The third-order valence-corrected chi connectivity index (χ3v) is 6.13. The van der Waals surface area contributed by atoms with Crippen LogP contribution in [-0.4, -0.2) is 22.7 Å². The molecule has 7 heteroatoms. The van der Waals surface area contributed by atoms with Crippen molar-refractivity contribution in [1.82, 2.24) is 0 Å². The SMILES string of the molecule is CCOC(=O)C1=C(O)/C(=C/c2ccc(OCc3ccc(Cl)cc3)cc2)SC1=Nc1ccccc1. The van der Waals surface area contributed by atoms with Gasteiger partial charge in [-0.25, -0.2) is 9.79 Å². The highest BCUT2D eigenvalue weighted by atomic mass is 35.5. The molecule has 34 heavy (non-hydrogen) atoms. The molecule has 0 spiro atoms. The van der Waals surface area contributed by atoms with E-state index in [0.717, 1.165) is 16.9 Å². The second-order valence-electron chi connectivity index (χ2n) is 7.29. The number of esters is 1. The largest absolute Gasteiger partial charge is 0.506 e. The van der Waals surface area contributed by atoms with Gasteiger partial charge in [0.15, 0.2) is 0 Å². The molecule has 0 fully saturated rings. The van der Waals surface area contributed by atoms with Gasteiger partial charge in [-0.3, -0.25) is 0 Å². The third-order valence-electron chi connectivity index (χ3n) is 4.85. The van der Waals surface area contributed by atoms with Crippen LogP contribution in [0.25, 0.3) is 6.08 Å². The van der Waals surface area contributed by atoms with Gasteiger partial charge in [-0.2, -0.15) is 0 Å². The number of aliphatic hydroxyl groups excluding tert-OH is 1. The van der Waals surface area contributed by atoms with Crippen LogP contribution in [0.5, 0.6) is 5.75 Å². The molecule has 0 bridgehead atoms. The maximum Gasteiger partial charge on any atom is 0.344 e. The number of carbonyl (C=O) groups excluding carboxylic acids is 1. The van der Waals surface area contributed by atoms with Gasteiger partial charge in [0.05, 0.1) is 17.2 Å². The van der Waals surface area contributed by atoms with Gasteiger partial charge in [-0.15, -0.1) is 0 Å². The summed E-state index contributed by atoms with van der Waals surface area (Å²) in [6.07, 6.45) is 1.80. The normalized spacial score (nSPS) is 15.7. The summed E-state index contributed by atoms with van der Waals surface area (Å²) in [6, 6.07) is 24.2. The van der Waals surface area contributed by atoms with Crippen molar-refractivity contribution in [2.75, 3.05) is 6.61 Å². The lowest BCUT2D eigenvalue weighted by Crippen LogP contribution is -2.12. The van der Waals surface area contributed by atoms with Crippen molar-refractivity contribution in [3.63, 3.8) is 0 Å². The summed E-state index contributed by atoms with van der Waals surface area (Å²) in [5.41, 5.74) is 2.62. The monoisotopic (exact) mass is 491 g/mol. The number of ether oxygens (including phenoxy) is 2. The van der Waals surface area contributed by atoms with E-state index >= 15 is 0 Å². The lowest BCUT2D eigenvalue weighted by Gasteiger charge is -2.07. The fourth-order valence-electron chi connectivity index (χ4n) is 3.17. The Labute approximate surface area is 207 Å². The highest BCUT2D eigenvalue weighted by Crippen LogP contribution is 2.40. The smallest absolute Gasteiger partial charge is 0.344 e. The van der Waals surface area contributed by atoms with E-state index in [-0.39, 0.29) is 17.9 Å². The Morgan fingerprint density at radius 3 is 2.41 bits per heavy atom. The quantitative estimate of drug-likeness (QED) is 0.356. The van der Waals surface area contributed by atoms with E-state index in [9.17, 15) is 9.90 Å². The minimum Gasteiger partial charge on any atom is -0.506 e.